The largest absolute Gasteiger partial charge is 0.487 e. The number of rotatable bonds is 13. The van der Waals surface area contributed by atoms with Crippen molar-refractivity contribution >= 4 is 69.6 Å². The third-order valence-corrected chi connectivity index (χ3v) is 9.37. The molecule has 1 unspecified atom stereocenters. The van der Waals surface area contributed by atoms with Crippen molar-refractivity contribution in [3.8, 4) is 17.2 Å². The Labute approximate surface area is 360 Å². The lowest BCUT2D eigenvalue weighted by Gasteiger charge is -2.29. The molecule has 322 valence electrons. The van der Waals surface area contributed by atoms with Gasteiger partial charge in [0, 0.05) is 18.7 Å². The molecule has 0 bridgehead atoms. The van der Waals surface area contributed by atoms with Crippen LogP contribution in [0.2, 0.25) is 5.02 Å². The van der Waals surface area contributed by atoms with E-state index < -0.39 is 27.2 Å². The van der Waals surface area contributed by atoms with E-state index in [9.17, 15) is 32.9 Å². The first kappa shape index (κ1) is 49.1. The topological polar surface area (TPSA) is 134 Å². The Kier molecular flexibility index (Phi) is 18.6. The Morgan fingerprint density at radius 2 is 1.75 bits per heavy atom. The summed E-state index contributed by atoms with van der Waals surface area (Å²) in [7, 11) is 0. The Hall–Kier alpha value is -4.25. The van der Waals surface area contributed by atoms with Crippen molar-refractivity contribution in [2.24, 2.45) is 0 Å². The van der Waals surface area contributed by atoms with Gasteiger partial charge in [0.2, 0.25) is 11.7 Å². The van der Waals surface area contributed by atoms with Gasteiger partial charge >= 0.3 is 11.9 Å². The van der Waals surface area contributed by atoms with Crippen LogP contribution in [-0.2, 0) is 31.7 Å². The molecule has 1 atom stereocenters. The number of halogens is 7. The summed E-state index contributed by atoms with van der Waals surface area (Å²) >= 11 is 22.7. The van der Waals surface area contributed by atoms with E-state index in [0.717, 1.165) is 41.4 Å². The highest BCUT2D eigenvalue weighted by atomic mass is 35.5. The first-order valence-electron chi connectivity index (χ1n) is 18.1. The fraction of sp³-hybridized carbons (Fsp3) is 0.400. The first-order valence-corrected chi connectivity index (χ1v) is 19.9. The minimum atomic E-state index is -4.52. The molecule has 5 rings (SSSR count). The zero-order valence-corrected chi connectivity index (χ0v) is 36.0. The van der Waals surface area contributed by atoms with Crippen LogP contribution in [0.1, 0.15) is 63.2 Å². The number of nitro benzene ring substituents is 1. The van der Waals surface area contributed by atoms with Crippen LogP contribution in [-0.4, -0.2) is 64.6 Å². The van der Waals surface area contributed by atoms with Gasteiger partial charge in [-0.3, -0.25) is 24.6 Å². The van der Waals surface area contributed by atoms with Gasteiger partial charge in [-0.2, -0.15) is 13.2 Å². The van der Waals surface area contributed by atoms with Crippen molar-refractivity contribution in [1.82, 2.24) is 4.90 Å². The number of hydrogen-bond acceptors (Lipinski definition) is 9. The third kappa shape index (κ3) is 13.6. The molecule has 0 radical (unpaired) electrons. The Bertz CT molecular complexity index is 2020. The monoisotopic (exact) mass is 907 g/mol. The van der Waals surface area contributed by atoms with Crippen LogP contribution in [0.4, 0.5) is 24.5 Å². The minimum Gasteiger partial charge on any atom is -0.487 e. The molecular formula is C40H44Cl4F3N3O9. The van der Waals surface area contributed by atoms with Crippen LogP contribution in [0, 0.1) is 17.0 Å². The van der Waals surface area contributed by atoms with E-state index >= 15 is 0 Å². The maximum Gasteiger partial charge on any atom is 0.416 e. The number of aryl methyl sites for hydroxylation is 2. The summed E-state index contributed by atoms with van der Waals surface area (Å²) in [5, 5.41) is 10.7. The number of ether oxygens (including phenoxy) is 4. The quantitative estimate of drug-likeness (QED) is 0.0556. The maximum absolute atomic E-state index is 12.6. The fourth-order valence-electron chi connectivity index (χ4n) is 5.70. The molecule has 12 nitrogen and oxygen atoms in total. The zero-order chi connectivity index (χ0) is 44.1. The number of furan rings is 1. The molecule has 1 saturated heterocycles. The predicted octanol–water partition coefficient (Wildman–Crippen LogP) is 11.3. The molecule has 0 aliphatic carbocycles. The van der Waals surface area contributed by atoms with Crippen molar-refractivity contribution < 1.29 is 51.0 Å². The minimum absolute atomic E-state index is 0.0111. The molecule has 3 aromatic carbocycles. The Morgan fingerprint density at radius 1 is 1.03 bits per heavy atom. The van der Waals surface area contributed by atoms with E-state index in [2.05, 4.69) is 6.92 Å². The van der Waals surface area contributed by atoms with Gasteiger partial charge in [-0.25, -0.2) is 0 Å². The van der Waals surface area contributed by atoms with Crippen molar-refractivity contribution in [3.63, 3.8) is 0 Å². The fourth-order valence-corrected chi connectivity index (χ4v) is 6.30. The summed E-state index contributed by atoms with van der Waals surface area (Å²) in [6.45, 7) is 12.6. The summed E-state index contributed by atoms with van der Waals surface area (Å²) in [5.41, 5.74) is 1.23. The molecule has 2 heterocycles. The number of nitro groups is 1. The molecule has 0 spiro atoms. The second-order valence-electron chi connectivity index (χ2n) is 12.9. The highest BCUT2D eigenvalue weighted by Gasteiger charge is 2.45. The number of benzene rings is 3. The molecule has 1 aliphatic rings. The normalized spacial score (nSPS) is 14.5. The lowest BCUT2D eigenvalue weighted by Crippen LogP contribution is -2.45. The van der Waals surface area contributed by atoms with Crippen molar-refractivity contribution in [2.75, 3.05) is 37.3 Å². The molecule has 1 aromatic heterocycles. The Balaban J connectivity index is 0.000000241. The van der Waals surface area contributed by atoms with Crippen LogP contribution >= 0.6 is 46.4 Å². The number of carbonyl (C=O) groups excluding carboxylic acids is 2. The van der Waals surface area contributed by atoms with Crippen LogP contribution < -0.4 is 14.4 Å². The summed E-state index contributed by atoms with van der Waals surface area (Å²) in [5.74, 6) is 0.287. The second-order valence-corrected chi connectivity index (χ2v) is 14.7. The number of hydrogen-bond donors (Lipinski definition) is 0. The van der Waals surface area contributed by atoms with Gasteiger partial charge in [-0.15, -0.1) is 11.6 Å². The molecule has 19 heteroatoms. The van der Waals surface area contributed by atoms with E-state index in [1.807, 2.05) is 38.1 Å². The standard InChI is InChI=1S/C15H11ClF3NO4.C14H20ClNO2.C11H13Cl2NO3/c1-2-23-14-8-10(4-5-12(14)20(21)22)24-13-6-3-9(7-11(13)16)15(17,18)19;1-4-12-8-6-7-11(3)14(12)16(10-18-5-2)13(17)9-15;1-11(2)14(10(15)9(12)13)6-8(17-11)7-4-3-5-16-7/h3-8H,2H2,1H3;6-8H,4-5,9-10H2,1-3H3;3-5,8-9H,6H2,1-2H3. The summed E-state index contributed by atoms with van der Waals surface area (Å²) < 4.78 is 64.8. The summed E-state index contributed by atoms with van der Waals surface area (Å²) in [4.78, 5) is 36.2. The van der Waals surface area contributed by atoms with E-state index in [0.29, 0.717) is 18.9 Å². The molecule has 0 N–H and O–H groups in total. The average molecular weight is 910 g/mol. The number of carbonyl (C=O) groups is 2. The van der Waals surface area contributed by atoms with E-state index in [1.54, 1.807) is 38.0 Å². The highest BCUT2D eigenvalue weighted by Crippen LogP contribution is 2.39. The van der Waals surface area contributed by atoms with E-state index in [-0.39, 0.29) is 65.1 Å². The Morgan fingerprint density at radius 3 is 2.29 bits per heavy atom. The smallest absolute Gasteiger partial charge is 0.416 e. The van der Waals surface area contributed by atoms with Gasteiger partial charge in [0.05, 0.1) is 40.6 Å². The predicted molar refractivity (Wildman–Crippen MR) is 220 cm³/mol. The maximum atomic E-state index is 12.6. The van der Waals surface area contributed by atoms with E-state index in [4.69, 9.17) is 69.8 Å². The first-order chi connectivity index (χ1) is 27.8. The summed E-state index contributed by atoms with van der Waals surface area (Å²) in [6.07, 6.45) is -2.36. The number of para-hydroxylation sites is 1. The number of nitrogens with zero attached hydrogens (tertiary/aromatic N) is 3. The van der Waals surface area contributed by atoms with Gasteiger partial charge in [0.25, 0.3) is 5.91 Å². The van der Waals surface area contributed by atoms with Crippen LogP contribution in [0.5, 0.6) is 17.2 Å². The zero-order valence-electron chi connectivity index (χ0n) is 33.0. The van der Waals surface area contributed by atoms with Gasteiger partial charge in [0.1, 0.15) is 41.7 Å². The van der Waals surface area contributed by atoms with Crippen molar-refractivity contribution in [3.05, 3.63) is 111 Å². The average Bonchev–Trinajstić information content (AvgIpc) is 3.83. The van der Waals surface area contributed by atoms with Gasteiger partial charge in [-0.1, -0.05) is 59.9 Å². The number of amides is 2. The highest BCUT2D eigenvalue weighted by molar-refractivity contribution is 6.53. The van der Waals surface area contributed by atoms with E-state index in [1.165, 1.54) is 23.1 Å². The molecule has 4 aromatic rings. The van der Waals surface area contributed by atoms with Crippen LogP contribution in [0.3, 0.4) is 0 Å². The molecule has 1 fully saturated rings. The molecular weight excluding hydrogens is 865 g/mol. The van der Waals surface area contributed by atoms with Crippen LogP contribution in [0.25, 0.3) is 0 Å². The molecule has 0 saturated carbocycles. The van der Waals surface area contributed by atoms with Crippen LogP contribution in [0.15, 0.2) is 77.4 Å². The molecule has 59 heavy (non-hydrogen) atoms. The molecule has 2 amide bonds. The summed E-state index contributed by atoms with van der Waals surface area (Å²) in [6, 6.07) is 16.0. The second kappa shape index (κ2) is 22.4. The van der Waals surface area contributed by atoms with Gasteiger partial charge in [-0.05, 0) is 88.6 Å². The molecule has 1 aliphatic heterocycles. The number of alkyl halides is 6. The number of anilines is 1. The van der Waals surface area contributed by atoms with Gasteiger partial charge in [0.15, 0.2) is 4.84 Å². The lowest BCUT2D eigenvalue weighted by atomic mass is 10.0. The van der Waals surface area contributed by atoms with Crippen molar-refractivity contribution in [2.45, 2.75) is 70.8 Å². The van der Waals surface area contributed by atoms with Crippen molar-refractivity contribution in [1.29, 1.82) is 0 Å². The SMILES string of the molecule is CC1(C)OC(c2ccco2)CN1C(=O)C(Cl)Cl.CCOCN(C(=O)CCl)c1c(C)cccc1CC.CCOc1cc(Oc2ccc(C(F)(F)F)cc2Cl)ccc1[N+](=O)[O-]. The lowest BCUT2D eigenvalue weighted by molar-refractivity contribution is -0.385. The van der Waals surface area contributed by atoms with Gasteiger partial charge < -0.3 is 28.3 Å². The third-order valence-electron chi connectivity index (χ3n) is 8.47.